The number of likely N-dealkylation sites (tertiary alicyclic amines) is 1. The van der Waals surface area contributed by atoms with E-state index in [1.807, 2.05) is 12.2 Å². The van der Waals surface area contributed by atoms with Crippen molar-refractivity contribution in [1.82, 2.24) is 20.9 Å². The molecule has 3 rings (SSSR count). The summed E-state index contributed by atoms with van der Waals surface area (Å²) in [5.41, 5.74) is -6.82. The Hall–Kier alpha value is -3.33. The molecule has 39 heteroatoms. The monoisotopic (exact) mass is 2040 g/mol. The number of ketones is 1. The van der Waals surface area contributed by atoms with Crippen LogP contribution in [0.1, 0.15) is 117 Å². The van der Waals surface area contributed by atoms with Crippen LogP contribution in [0.2, 0.25) is 0 Å². The van der Waals surface area contributed by atoms with Crippen molar-refractivity contribution < 1.29 is 138 Å². The molecule has 3 N–H and O–H groups in total. The van der Waals surface area contributed by atoms with Crippen molar-refractivity contribution in [1.29, 1.82) is 0 Å². The van der Waals surface area contributed by atoms with E-state index >= 15 is 0 Å². The Morgan fingerprint density at radius 3 is 0.793 bits per heavy atom. The van der Waals surface area contributed by atoms with Gasteiger partial charge in [-0.15, -0.1) is 0 Å². The van der Waals surface area contributed by atoms with Gasteiger partial charge in [0.15, 0.2) is 0 Å². The van der Waals surface area contributed by atoms with Crippen molar-refractivity contribution in [2.45, 2.75) is 155 Å². The second kappa shape index (κ2) is 51.7. The minimum Gasteiger partial charge on any atom is -0.464 e. The third kappa shape index (κ3) is 39.9. The Kier molecular flexibility index (Phi) is 47.6. The first-order valence-corrected chi connectivity index (χ1v) is 43.3. The minimum atomic E-state index is -1.80. The molecule has 0 aromatic carbocycles. The van der Waals surface area contributed by atoms with Crippen molar-refractivity contribution in [3.63, 3.8) is 0 Å². The number of carbonyl (C=O) groups excluding carboxylic acids is 11. The molecule has 5 amide bonds. The zero-order chi connectivity index (χ0) is 87.2. The molecule has 0 aliphatic carbocycles. The second-order valence-electron chi connectivity index (χ2n) is 32.0. The maximum atomic E-state index is 15.0. The Morgan fingerprint density at radius 2 is 0.552 bits per heavy atom. The average Bonchev–Trinajstić information content (AvgIpc) is 1.57. The smallest absolute Gasteiger partial charge is 0.322 e. The lowest BCUT2D eigenvalue weighted by atomic mass is 9.82. The van der Waals surface area contributed by atoms with Gasteiger partial charge in [0.05, 0.1) is 199 Å². The van der Waals surface area contributed by atoms with Gasteiger partial charge in [-0.05, 0) is 110 Å². The number of imide groups is 1. The van der Waals surface area contributed by atoms with Crippen LogP contribution >= 0.6 is 95.6 Å². The lowest BCUT2D eigenvalue weighted by Gasteiger charge is -2.38. The molecule has 3 aliphatic heterocycles. The quantitative estimate of drug-likeness (QED) is 0.0144. The van der Waals surface area contributed by atoms with Gasteiger partial charge in [-0.2, -0.15) is 0 Å². The summed E-state index contributed by atoms with van der Waals surface area (Å²) in [4.78, 5) is 151. The van der Waals surface area contributed by atoms with Gasteiger partial charge in [-0.25, -0.2) is 0 Å². The molecule has 5 unspecified atom stereocenters. The molecule has 2 bridgehead atoms. The van der Waals surface area contributed by atoms with E-state index in [-0.39, 0.29) is 102 Å². The van der Waals surface area contributed by atoms with Crippen LogP contribution in [0, 0.1) is 33.5 Å². The van der Waals surface area contributed by atoms with E-state index in [2.05, 4.69) is 112 Å². The summed E-state index contributed by atoms with van der Waals surface area (Å²) in [6.45, 7) is 25.6. The predicted octanol–water partition coefficient (Wildman–Crippen LogP) is 6.58. The van der Waals surface area contributed by atoms with E-state index in [0.29, 0.717) is 106 Å². The summed E-state index contributed by atoms with van der Waals surface area (Å²) in [5.74, 6) is -7.50. The Bertz CT molecular complexity index is 2800. The fraction of sp³-hybridized carbons (Fsp3) is 0.831. The van der Waals surface area contributed by atoms with Gasteiger partial charge >= 0.3 is 29.8 Å². The Balaban J connectivity index is 1.53. The maximum Gasteiger partial charge on any atom is 0.322 e. The van der Waals surface area contributed by atoms with Gasteiger partial charge in [0.2, 0.25) is 29.5 Å². The highest BCUT2D eigenvalue weighted by molar-refractivity contribution is 9.11. The maximum absolute atomic E-state index is 15.0. The molecular formula is C77H124Br6N4O29. The number of Topliss-reactive ketones (excluding diaryl/α,β-unsaturated/α-hetero) is 1. The van der Waals surface area contributed by atoms with Gasteiger partial charge in [0.25, 0.3) is 0 Å². The third-order valence-corrected chi connectivity index (χ3v) is 20.1. The topological polar surface area (TPSA) is 393 Å². The predicted molar refractivity (Wildman–Crippen MR) is 444 cm³/mol. The number of carbonyl (C=O) groups is 11. The van der Waals surface area contributed by atoms with Crippen molar-refractivity contribution in [2.24, 2.45) is 33.5 Å². The van der Waals surface area contributed by atoms with E-state index in [4.69, 9.17) is 85.3 Å². The minimum absolute atomic E-state index is 0.00673. The number of alkyl halides is 6. The number of rotatable bonds is 66. The average molecular weight is 2050 g/mol. The summed E-state index contributed by atoms with van der Waals surface area (Å²) < 4.78 is 95.0. The van der Waals surface area contributed by atoms with Gasteiger partial charge in [0.1, 0.15) is 71.3 Å². The summed E-state index contributed by atoms with van der Waals surface area (Å²) in [6, 6.07) is 0. The number of nitrogens with one attached hydrogen (secondary N) is 3. The molecule has 5 atom stereocenters. The first-order chi connectivity index (χ1) is 54.0. The zero-order valence-electron chi connectivity index (χ0n) is 69.8. The molecule has 2 saturated heterocycles. The van der Waals surface area contributed by atoms with E-state index in [1.165, 1.54) is 81.1 Å². The van der Waals surface area contributed by atoms with E-state index < -0.39 is 160 Å². The number of fused-ring (bicyclic) bond motifs is 5. The summed E-state index contributed by atoms with van der Waals surface area (Å²) in [6.07, 6.45) is 2.86. The fourth-order valence-electron chi connectivity index (χ4n) is 10.5. The first-order valence-electron chi connectivity index (χ1n) is 38.5. The molecule has 668 valence electrons. The van der Waals surface area contributed by atoms with Gasteiger partial charge < -0.3 is 101 Å². The molecule has 116 heavy (non-hydrogen) atoms. The van der Waals surface area contributed by atoms with Crippen molar-refractivity contribution in [3.05, 3.63) is 12.2 Å². The van der Waals surface area contributed by atoms with E-state index in [0.717, 1.165) is 0 Å². The lowest BCUT2D eigenvalue weighted by molar-refractivity contribution is -0.161. The lowest BCUT2D eigenvalue weighted by Crippen LogP contribution is -2.59. The van der Waals surface area contributed by atoms with Crippen molar-refractivity contribution >= 4 is 161 Å². The van der Waals surface area contributed by atoms with Crippen LogP contribution in [0.4, 0.5) is 0 Å². The van der Waals surface area contributed by atoms with Gasteiger partial charge in [0, 0.05) is 31.5 Å². The van der Waals surface area contributed by atoms with Crippen LogP contribution in [-0.2, 0) is 138 Å². The molecule has 3 heterocycles. The molecule has 0 saturated carbocycles. The number of ether oxygens (including phenoxy) is 18. The molecule has 0 radical (unpaired) electrons. The van der Waals surface area contributed by atoms with Gasteiger partial charge in [-0.1, -0.05) is 108 Å². The first kappa shape index (κ1) is 107. The standard InChI is InChI=1S/C77H124Br6N4O29/c1-68(2,78)55(88)18-19-74(13,47-111-63(94)69(3,4)79)60(91)84-44-77(45-85-61(92)75(14,48-112-64(95)70(5,6)80)49-113-65(96)71(7,8)81,46-86-62(93)76(15,50-114-66(97)72(9,10)82)51-115-67(98)73(11,12)83)52-110-43-42-109-41-40-108-39-38-107-37-36-106-35-34-105-33-32-104-31-30-103-29-28-102-27-26-101-25-24-100-23-22-99-21-20-87-58(89)56-53-16-17-54(116-53)57(56)59(87)90/h16-17,53-54,56-57H,18-52H2,1-15H3,(H,84,91)(H,85,92)(H,86,93). The molecule has 33 nitrogen and oxygen atoms in total. The van der Waals surface area contributed by atoms with Crippen LogP contribution in [0.15, 0.2) is 12.2 Å². The molecule has 0 aromatic rings. The highest BCUT2D eigenvalue weighted by Gasteiger charge is 2.60. The fourth-order valence-corrected chi connectivity index (χ4v) is 11.3. The Morgan fingerprint density at radius 1 is 0.328 bits per heavy atom. The SMILES string of the molecule is CC(C)(Br)C(=O)CCC(C)(COC(=O)C(C)(C)Br)C(=O)NCC(CNC(=O)C(C)(COC(=O)C(C)(C)Br)COC(=O)C(C)(C)Br)(CNC(=O)C(C)(COC(=O)C(C)(C)Br)COC(=O)C(C)(C)Br)COCCOCCOCCOCCOCCOCCOCCOCCOCCOCCOCCOCCN1C(=O)C2C3C=CC(O3)C2C1=O. The highest BCUT2D eigenvalue weighted by atomic mass is 79.9. The molecule has 3 aliphatic rings. The molecule has 0 aromatic heterocycles. The zero-order valence-corrected chi connectivity index (χ0v) is 79.3. The number of amides is 5. The number of nitrogens with zero attached hydrogens (tertiary/aromatic N) is 1. The second-order valence-corrected chi connectivity index (χ2v) is 43.9. The number of esters is 5. The summed E-state index contributed by atoms with van der Waals surface area (Å²) in [5, 5.41) is 8.70. The molecular weight excluding hydrogens is 1920 g/mol. The van der Waals surface area contributed by atoms with Crippen LogP contribution in [0.3, 0.4) is 0 Å². The normalized spacial score (nSPS) is 17.2. The number of halogens is 6. The Labute approximate surface area is 732 Å². The van der Waals surface area contributed by atoms with E-state index in [1.54, 1.807) is 27.7 Å². The van der Waals surface area contributed by atoms with Crippen LogP contribution < -0.4 is 16.0 Å². The van der Waals surface area contributed by atoms with E-state index in [9.17, 15) is 52.7 Å². The largest absolute Gasteiger partial charge is 0.464 e. The summed E-state index contributed by atoms with van der Waals surface area (Å²) >= 11 is 19.8. The van der Waals surface area contributed by atoms with Crippen molar-refractivity contribution in [2.75, 3.05) is 218 Å². The van der Waals surface area contributed by atoms with Crippen LogP contribution in [-0.4, -0.2) is 326 Å². The number of hydrogen-bond donors (Lipinski definition) is 3. The van der Waals surface area contributed by atoms with Crippen molar-refractivity contribution in [3.8, 4) is 0 Å². The number of hydrogen-bond acceptors (Lipinski definition) is 29. The highest BCUT2D eigenvalue weighted by Crippen LogP contribution is 2.45. The third-order valence-electron chi connectivity index (χ3n) is 18.1. The van der Waals surface area contributed by atoms with Crippen LogP contribution in [0.5, 0.6) is 0 Å². The summed E-state index contributed by atoms with van der Waals surface area (Å²) in [7, 11) is 0. The van der Waals surface area contributed by atoms with Gasteiger partial charge in [-0.3, -0.25) is 57.6 Å². The molecule has 0 spiro atoms. The molecule has 2 fully saturated rings. The van der Waals surface area contributed by atoms with Crippen LogP contribution in [0.25, 0.3) is 0 Å².